The van der Waals surface area contributed by atoms with Gasteiger partial charge in [0.1, 0.15) is 5.82 Å². The highest BCUT2D eigenvalue weighted by molar-refractivity contribution is 5.56. The Morgan fingerprint density at radius 1 is 1.24 bits per heavy atom. The number of halogens is 1. The zero-order valence-electron chi connectivity index (χ0n) is 11.9. The number of hydrogen-bond donors (Lipinski definition) is 1. The van der Waals surface area contributed by atoms with Gasteiger partial charge in [0, 0.05) is 6.54 Å². The summed E-state index contributed by atoms with van der Waals surface area (Å²) < 4.78 is 29.7. The third kappa shape index (κ3) is 2.72. The fourth-order valence-corrected chi connectivity index (χ4v) is 2.26. The third-order valence-electron chi connectivity index (χ3n) is 3.32. The third-order valence-corrected chi connectivity index (χ3v) is 3.32. The van der Waals surface area contributed by atoms with Gasteiger partial charge in [-0.2, -0.15) is 0 Å². The first-order valence-electron chi connectivity index (χ1n) is 6.64. The molecule has 0 atom stereocenters. The molecule has 0 fully saturated rings. The summed E-state index contributed by atoms with van der Waals surface area (Å²) in [5.74, 6) is 1.61. The van der Waals surface area contributed by atoms with E-state index in [2.05, 4.69) is 5.32 Å². The minimum Gasteiger partial charge on any atom is -0.493 e. The van der Waals surface area contributed by atoms with Gasteiger partial charge in [0.2, 0.25) is 12.5 Å². The van der Waals surface area contributed by atoms with E-state index in [4.69, 9.17) is 14.2 Å². The minimum absolute atomic E-state index is 0.190. The average Bonchev–Trinajstić information content (AvgIpc) is 2.95. The van der Waals surface area contributed by atoms with Crippen molar-refractivity contribution in [3.05, 3.63) is 47.3 Å². The van der Waals surface area contributed by atoms with Gasteiger partial charge in [-0.05, 0) is 42.3 Å². The van der Waals surface area contributed by atoms with Gasteiger partial charge in [-0.25, -0.2) is 4.39 Å². The summed E-state index contributed by atoms with van der Waals surface area (Å²) in [5, 5.41) is 3.09. The zero-order chi connectivity index (χ0) is 14.8. The molecule has 5 heteroatoms. The Bertz CT molecular complexity index is 673. The van der Waals surface area contributed by atoms with Crippen molar-refractivity contribution in [2.75, 3.05) is 19.2 Å². The van der Waals surface area contributed by atoms with Crippen molar-refractivity contribution in [3.8, 4) is 17.2 Å². The molecular weight excluding hydrogens is 273 g/mol. The lowest BCUT2D eigenvalue weighted by atomic mass is 10.1. The molecule has 0 unspecified atom stereocenters. The lowest BCUT2D eigenvalue weighted by molar-refractivity contribution is 0.171. The SMILES string of the molecule is COc1cc(CNc2cc(C)ccc2F)cc2c1OCO2. The number of aryl methyl sites for hydroxylation is 1. The van der Waals surface area contributed by atoms with E-state index in [0.29, 0.717) is 29.5 Å². The number of benzene rings is 2. The van der Waals surface area contributed by atoms with Crippen LogP contribution >= 0.6 is 0 Å². The van der Waals surface area contributed by atoms with E-state index in [1.807, 2.05) is 19.1 Å². The molecule has 1 aliphatic rings. The topological polar surface area (TPSA) is 39.7 Å². The number of ether oxygens (including phenoxy) is 3. The first kappa shape index (κ1) is 13.5. The number of fused-ring (bicyclic) bond motifs is 1. The molecule has 110 valence electrons. The predicted molar refractivity (Wildman–Crippen MR) is 77.6 cm³/mol. The van der Waals surface area contributed by atoms with Gasteiger partial charge in [0.05, 0.1) is 12.8 Å². The Hall–Kier alpha value is -2.43. The van der Waals surface area contributed by atoms with Crippen LogP contribution in [0.1, 0.15) is 11.1 Å². The van der Waals surface area contributed by atoms with Crippen molar-refractivity contribution in [1.29, 1.82) is 0 Å². The molecule has 21 heavy (non-hydrogen) atoms. The monoisotopic (exact) mass is 289 g/mol. The molecule has 0 saturated carbocycles. The highest BCUT2D eigenvalue weighted by Gasteiger charge is 2.20. The Balaban J connectivity index is 1.81. The van der Waals surface area contributed by atoms with Crippen molar-refractivity contribution < 1.29 is 18.6 Å². The lowest BCUT2D eigenvalue weighted by Crippen LogP contribution is -2.02. The van der Waals surface area contributed by atoms with Crippen LogP contribution in [0, 0.1) is 12.7 Å². The van der Waals surface area contributed by atoms with Crippen molar-refractivity contribution >= 4 is 5.69 Å². The van der Waals surface area contributed by atoms with Crippen LogP contribution in [-0.4, -0.2) is 13.9 Å². The number of nitrogens with one attached hydrogen (secondary N) is 1. The first-order valence-corrected chi connectivity index (χ1v) is 6.64. The molecule has 0 amide bonds. The Kier molecular flexibility index (Phi) is 3.56. The van der Waals surface area contributed by atoms with Crippen LogP contribution < -0.4 is 19.5 Å². The molecule has 4 nitrogen and oxygen atoms in total. The molecule has 1 aliphatic heterocycles. The van der Waals surface area contributed by atoms with Crippen LogP contribution in [0.3, 0.4) is 0 Å². The van der Waals surface area contributed by atoms with E-state index in [9.17, 15) is 4.39 Å². The normalized spacial score (nSPS) is 12.3. The van der Waals surface area contributed by atoms with E-state index in [-0.39, 0.29) is 12.6 Å². The highest BCUT2D eigenvalue weighted by atomic mass is 19.1. The lowest BCUT2D eigenvalue weighted by Gasteiger charge is -2.11. The maximum absolute atomic E-state index is 13.7. The zero-order valence-corrected chi connectivity index (χ0v) is 11.9. The van der Waals surface area contributed by atoms with Crippen molar-refractivity contribution in [2.24, 2.45) is 0 Å². The van der Waals surface area contributed by atoms with E-state index in [1.54, 1.807) is 19.2 Å². The summed E-state index contributed by atoms with van der Waals surface area (Å²) in [5.41, 5.74) is 2.41. The number of methoxy groups -OCH3 is 1. The van der Waals surface area contributed by atoms with Crippen LogP contribution in [0.2, 0.25) is 0 Å². The highest BCUT2D eigenvalue weighted by Crippen LogP contribution is 2.41. The Morgan fingerprint density at radius 2 is 2.10 bits per heavy atom. The van der Waals surface area contributed by atoms with Crippen molar-refractivity contribution in [1.82, 2.24) is 0 Å². The summed E-state index contributed by atoms with van der Waals surface area (Å²) in [7, 11) is 1.58. The second-order valence-electron chi connectivity index (χ2n) is 4.87. The number of hydrogen-bond acceptors (Lipinski definition) is 4. The van der Waals surface area contributed by atoms with Crippen LogP contribution in [-0.2, 0) is 6.54 Å². The molecule has 0 aromatic heterocycles. The summed E-state index contributed by atoms with van der Waals surface area (Å²) in [6, 6.07) is 8.70. The minimum atomic E-state index is -0.270. The van der Waals surface area contributed by atoms with Gasteiger partial charge in [-0.3, -0.25) is 0 Å². The molecule has 1 N–H and O–H groups in total. The maximum atomic E-state index is 13.7. The van der Waals surface area contributed by atoms with Gasteiger partial charge in [0.25, 0.3) is 0 Å². The molecule has 2 aromatic rings. The molecule has 0 aliphatic carbocycles. The second kappa shape index (κ2) is 5.52. The molecule has 0 radical (unpaired) electrons. The van der Waals surface area contributed by atoms with Gasteiger partial charge < -0.3 is 19.5 Å². The maximum Gasteiger partial charge on any atom is 0.231 e. The summed E-state index contributed by atoms with van der Waals surface area (Å²) in [4.78, 5) is 0. The molecule has 3 rings (SSSR count). The molecular formula is C16H16FNO3. The number of rotatable bonds is 4. The molecule has 0 spiro atoms. The van der Waals surface area contributed by atoms with E-state index in [0.717, 1.165) is 11.1 Å². The number of anilines is 1. The van der Waals surface area contributed by atoms with E-state index < -0.39 is 0 Å². The smallest absolute Gasteiger partial charge is 0.231 e. The molecule has 2 aromatic carbocycles. The van der Waals surface area contributed by atoms with Crippen LogP contribution in [0.5, 0.6) is 17.2 Å². The Morgan fingerprint density at radius 3 is 2.90 bits per heavy atom. The van der Waals surface area contributed by atoms with Crippen LogP contribution in [0.4, 0.5) is 10.1 Å². The molecule has 0 saturated heterocycles. The van der Waals surface area contributed by atoms with E-state index >= 15 is 0 Å². The first-order chi connectivity index (χ1) is 10.2. The van der Waals surface area contributed by atoms with Gasteiger partial charge in [-0.1, -0.05) is 6.07 Å². The van der Waals surface area contributed by atoms with Crippen molar-refractivity contribution in [2.45, 2.75) is 13.5 Å². The second-order valence-corrected chi connectivity index (χ2v) is 4.87. The summed E-state index contributed by atoms with van der Waals surface area (Å²) >= 11 is 0. The largest absolute Gasteiger partial charge is 0.493 e. The average molecular weight is 289 g/mol. The van der Waals surface area contributed by atoms with Crippen LogP contribution in [0.25, 0.3) is 0 Å². The summed E-state index contributed by atoms with van der Waals surface area (Å²) in [6.07, 6.45) is 0. The van der Waals surface area contributed by atoms with Gasteiger partial charge in [-0.15, -0.1) is 0 Å². The molecule has 1 heterocycles. The standard InChI is InChI=1S/C16H16FNO3/c1-10-3-4-12(17)13(5-10)18-8-11-6-14(19-2)16-15(7-11)20-9-21-16/h3-7,18H,8-9H2,1-2H3. The van der Waals surface area contributed by atoms with Crippen LogP contribution in [0.15, 0.2) is 30.3 Å². The van der Waals surface area contributed by atoms with Crippen molar-refractivity contribution in [3.63, 3.8) is 0 Å². The van der Waals surface area contributed by atoms with E-state index in [1.165, 1.54) is 6.07 Å². The molecule has 0 bridgehead atoms. The predicted octanol–water partition coefficient (Wildman–Crippen LogP) is 3.48. The van der Waals surface area contributed by atoms with Gasteiger partial charge >= 0.3 is 0 Å². The summed E-state index contributed by atoms with van der Waals surface area (Å²) in [6.45, 7) is 2.58. The fourth-order valence-electron chi connectivity index (χ4n) is 2.26. The Labute approximate surface area is 122 Å². The quantitative estimate of drug-likeness (QED) is 0.935. The van der Waals surface area contributed by atoms with Gasteiger partial charge in [0.15, 0.2) is 11.5 Å². The fraction of sp³-hybridized carbons (Fsp3) is 0.250.